The van der Waals surface area contributed by atoms with E-state index in [9.17, 15) is 9.50 Å². The van der Waals surface area contributed by atoms with Crippen molar-refractivity contribution in [2.75, 3.05) is 6.61 Å². The van der Waals surface area contributed by atoms with Crippen LogP contribution in [0.15, 0.2) is 24.3 Å². The Morgan fingerprint density at radius 1 is 1.40 bits per heavy atom. The van der Waals surface area contributed by atoms with E-state index >= 15 is 0 Å². The molecule has 0 saturated heterocycles. The summed E-state index contributed by atoms with van der Waals surface area (Å²) in [5.74, 6) is 0.641. The molecule has 1 saturated carbocycles. The maximum Gasteiger partial charge on any atom is 0.123 e. The first-order chi connectivity index (χ1) is 7.11. The molecule has 1 fully saturated rings. The van der Waals surface area contributed by atoms with Crippen LogP contribution >= 0.6 is 0 Å². The highest BCUT2D eigenvalue weighted by atomic mass is 19.1. The Balaban J connectivity index is 2.32. The van der Waals surface area contributed by atoms with Crippen molar-refractivity contribution in [3.63, 3.8) is 0 Å². The fourth-order valence-corrected chi connectivity index (χ4v) is 2.73. The average Bonchev–Trinajstić information content (AvgIpc) is 2.94. The Labute approximate surface area is 89.9 Å². The van der Waals surface area contributed by atoms with Gasteiger partial charge in [-0.25, -0.2) is 4.39 Å². The summed E-state index contributed by atoms with van der Waals surface area (Å²) in [6, 6.07) is 6.72. The Morgan fingerprint density at radius 3 is 2.40 bits per heavy atom. The quantitative estimate of drug-likeness (QED) is 0.809. The summed E-state index contributed by atoms with van der Waals surface area (Å²) < 4.78 is 12.8. The van der Waals surface area contributed by atoms with E-state index in [1.807, 2.05) is 12.1 Å². The lowest BCUT2D eigenvalue weighted by molar-refractivity contribution is 0.252. The van der Waals surface area contributed by atoms with Gasteiger partial charge < -0.3 is 5.11 Å². The molecule has 0 spiro atoms. The van der Waals surface area contributed by atoms with Crippen molar-refractivity contribution in [2.24, 2.45) is 11.8 Å². The van der Waals surface area contributed by atoms with Gasteiger partial charge in [0.1, 0.15) is 5.82 Å². The molecule has 0 radical (unpaired) electrons. The fourth-order valence-electron chi connectivity index (χ4n) is 2.73. The second-order valence-corrected chi connectivity index (χ2v) is 4.79. The number of aliphatic hydroxyl groups excluding tert-OH is 1. The van der Waals surface area contributed by atoms with Crippen LogP contribution in [0.5, 0.6) is 0 Å². The smallest absolute Gasteiger partial charge is 0.123 e. The number of benzene rings is 1. The van der Waals surface area contributed by atoms with Crippen LogP contribution in [0.25, 0.3) is 0 Å². The highest BCUT2D eigenvalue weighted by molar-refractivity contribution is 5.34. The molecule has 0 amide bonds. The summed E-state index contributed by atoms with van der Waals surface area (Å²) in [5, 5.41) is 9.23. The summed E-state index contributed by atoms with van der Waals surface area (Å²) >= 11 is 0. The van der Waals surface area contributed by atoms with Gasteiger partial charge in [0.25, 0.3) is 0 Å². The molecular weight excluding hydrogens is 191 g/mol. The van der Waals surface area contributed by atoms with Gasteiger partial charge in [0, 0.05) is 12.0 Å². The number of hydrogen-bond donors (Lipinski definition) is 1. The molecule has 0 heterocycles. The molecule has 1 aliphatic carbocycles. The Kier molecular flexibility index (Phi) is 2.55. The number of hydrogen-bond acceptors (Lipinski definition) is 1. The predicted molar refractivity (Wildman–Crippen MR) is 58.1 cm³/mol. The third kappa shape index (κ3) is 1.57. The SMILES string of the molecule is CC(C)C1(c2ccc(F)cc2)CC1CO. The second kappa shape index (κ2) is 3.60. The average molecular weight is 208 g/mol. The molecule has 2 heteroatoms. The molecule has 15 heavy (non-hydrogen) atoms. The topological polar surface area (TPSA) is 20.2 Å². The highest BCUT2D eigenvalue weighted by Crippen LogP contribution is 2.58. The lowest BCUT2D eigenvalue weighted by Gasteiger charge is -2.22. The third-order valence-corrected chi connectivity index (χ3v) is 3.78. The monoisotopic (exact) mass is 208 g/mol. The zero-order valence-electron chi connectivity index (χ0n) is 9.20. The van der Waals surface area contributed by atoms with Gasteiger partial charge in [0.15, 0.2) is 0 Å². The standard InChI is InChI=1S/C13H17FO/c1-9(2)13(7-11(13)8-15)10-3-5-12(14)6-4-10/h3-6,9,11,15H,7-8H2,1-2H3. The molecule has 1 aromatic carbocycles. The van der Waals surface area contributed by atoms with Crippen LogP contribution in [0, 0.1) is 17.7 Å². The van der Waals surface area contributed by atoms with E-state index in [1.165, 1.54) is 12.1 Å². The minimum Gasteiger partial charge on any atom is -0.396 e. The molecule has 0 bridgehead atoms. The van der Waals surface area contributed by atoms with Crippen LogP contribution in [0.1, 0.15) is 25.8 Å². The van der Waals surface area contributed by atoms with Gasteiger partial charge in [-0.05, 0) is 36.0 Å². The van der Waals surface area contributed by atoms with Crippen LogP contribution in [0.3, 0.4) is 0 Å². The van der Waals surface area contributed by atoms with Gasteiger partial charge in [-0.3, -0.25) is 0 Å². The minimum absolute atomic E-state index is 0.0858. The molecule has 1 N–H and O–H groups in total. The van der Waals surface area contributed by atoms with Gasteiger partial charge in [-0.2, -0.15) is 0 Å². The van der Waals surface area contributed by atoms with E-state index in [1.54, 1.807) is 0 Å². The van der Waals surface area contributed by atoms with E-state index in [2.05, 4.69) is 13.8 Å². The normalized spacial score (nSPS) is 29.5. The van der Waals surface area contributed by atoms with E-state index in [0.717, 1.165) is 12.0 Å². The van der Waals surface area contributed by atoms with Crippen molar-refractivity contribution >= 4 is 0 Å². The predicted octanol–water partition coefficient (Wildman–Crippen LogP) is 2.73. The van der Waals surface area contributed by atoms with Gasteiger partial charge in [-0.15, -0.1) is 0 Å². The van der Waals surface area contributed by atoms with Crippen molar-refractivity contribution in [1.29, 1.82) is 0 Å². The van der Waals surface area contributed by atoms with Gasteiger partial charge in [-0.1, -0.05) is 26.0 Å². The first-order valence-corrected chi connectivity index (χ1v) is 5.48. The van der Waals surface area contributed by atoms with E-state index in [4.69, 9.17) is 0 Å². The van der Waals surface area contributed by atoms with Crippen molar-refractivity contribution < 1.29 is 9.50 Å². The van der Waals surface area contributed by atoms with Crippen LogP contribution < -0.4 is 0 Å². The summed E-state index contributed by atoms with van der Waals surface area (Å²) in [7, 11) is 0. The summed E-state index contributed by atoms with van der Waals surface area (Å²) in [6.45, 7) is 4.56. The first kappa shape index (κ1) is 10.6. The van der Waals surface area contributed by atoms with E-state index in [-0.39, 0.29) is 17.8 Å². The molecule has 82 valence electrons. The van der Waals surface area contributed by atoms with Crippen LogP contribution in [-0.4, -0.2) is 11.7 Å². The molecule has 1 aliphatic rings. The molecule has 2 atom stereocenters. The van der Waals surface area contributed by atoms with Gasteiger partial charge in [0.2, 0.25) is 0 Å². The highest BCUT2D eigenvalue weighted by Gasteiger charge is 2.56. The summed E-state index contributed by atoms with van der Waals surface area (Å²) in [5.41, 5.74) is 1.25. The fraction of sp³-hybridized carbons (Fsp3) is 0.538. The zero-order chi connectivity index (χ0) is 11.1. The molecule has 0 aliphatic heterocycles. The summed E-state index contributed by atoms with van der Waals surface area (Å²) in [6.07, 6.45) is 1.02. The molecule has 2 rings (SSSR count). The van der Waals surface area contributed by atoms with E-state index < -0.39 is 0 Å². The van der Waals surface area contributed by atoms with Crippen molar-refractivity contribution in [1.82, 2.24) is 0 Å². The second-order valence-electron chi connectivity index (χ2n) is 4.79. The molecule has 1 nitrogen and oxygen atoms in total. The lowest BCUT2D eigenvalue weighted by Crippen LogP contribution is -2.19. The minimum atomic E-state index is -0.196. The first-order valence-electron chi connectivity index (χ1n) is 5.48. The van der Waals surface area contributed by atoms with Crippen molar-refractivity contribution in [3.8, 4) is 0 Å². The third-order valence-electron chi connectivity index (χ3n) is 3.78. The van der Waals surface area contributed by atoms with E-state index in [0.29, 0.717) is 11.8 Å². The number of rotatable bonds is 3. The largest absolute Gasteiger partial charge is 0.396 e. The summed E-state index contributed by atoms with van der Waals surface area (Å²) in [4.78, 5) is 0. The molecule has 2 unspecified atom stereocenters. The Morgan fingerprint density at radius 2 is 2.00 bits per heavy atom. The van der Waals surface area contributed by atoms with Gasteiger partial charge >= 0.3 is 0 Å². The Hall–Kier alpha value is -0.890. The van der Waals surface area contributed by atoms with Crippen LogP contribution in [0.2, 0.25) is 0 Å². The maximum atomic E-state index is 12.8. The van der Waals surface area contributed by atoms with Crippen molar-refractivity contribution in [2.45, 2.75) is 25.7 Å². The molecule has 0 aromatic heterocycles. The zero-order valence-corrected chi connectivity index (χ0v) is 9.20. The van der Waals surface area contributed by atoms with Gasteiger partial charge in [0.05, 0.1) is 0 Å². The lowest BCUT2D eigenvalue weighted by atomic mass is 9.83. The number of halogens is 1. The molecule has 1 aromatic rings. The Bertz CT molecular complexity index is 344. The van der Waals surface area contributed by atoms with Crippen LogP contribution in [-0.2, 0) is 5.41 Å². The number of aliphatic hydroxyl groups is 1. The molecular formula is C13H17FO. The maximum absolute atomic E-state index is 12.8. The van der Waals surface area contributed by atoms with Crippen molar-refractivity contribution in [3.05, 3.63) is 35.6 Å². The van der Waals surface area contributed by atoms with Crippen LogP contribution in [0.4, 0.5) is 4.39 Å².